The van der Waals surface area contributed by atoms with Gasteiger partial charge >= 0.3 is 0 Å². The second kappa shape index (κ2) is 2.47. The largest absolute Gasteiger partial charge is 0.370 e. The molecule has 0 radical (unpaired) electrons. The van der Waals surface area contributed by atoms with Crippen molar-refractivity contribution in [1.29, 1.82) is 0 Å². The number of hydrogen-bond donors (Lipinski definition) is 0. The zero-order valence-electron chi connectivity index (χ0n) is 7.23. The van der Waals surface area contributed by atoms with Crippen LogP contribution in [0.1, 0.15) is 20.3 Å². The van der Waals surface area contributed by atoms with Crippen LogP contribution in [0.15, 0.2) is 5.16 Å². The van der Waals surface area contributed by atoms with Crippen LogP contribution in [0, 0.1) is 5.92 Å². The molecule has 0 N–H and O–H groups in total. The molecule has 66 valence electrons. The summed E-state index contributed by atoms with van der Waals surface area (Å²) in [5.74, 6) is 0.353. The molecule has 4 nitrogen and oxygen atoms in total. The Labute approximate surface area is 71.2 Å². The van der Waals surface area contributed by atoms with Crippen LogP contribution in [0.5, 0.6) is 0 Å². The van der Waals surface area contributed by atoms with Gasteiger partial charge in [0.15, 0.2) is 0 Å². The van der Waals surface area contributed by atoms with Gasteiger partial charge in [-0.05, 0) is 13.8 Å². The molecule has 1 saturated heterocycles. The molecular formula is C8H12N2O2. The molecule has 0 bridgehead atoms. The van der Waals surface area contributed by atoms with Crippen LogP contribution in [0.4, 0.5) is 0 Å². The minimum atomic E-state index is -0.127. The van der Waals surface area contributed by atoms with Crippen molar-refractivity contribution >= 4 is 12.1 Å². The highest BCUT2D eigenvalue weighted by atomic mass is 16.7. The van der Waals surface area contributed by atoms with Crippen LogP contribution in [0.2, 0.25) is 0 Å². The molecule has 0 aliphatic carbocycles. The van der Waals surface area contributed by atoms with Gasteiger partial charge in [0.05, 0.1) is 12.1 Å². The van der Waals surface area contributed by atoms with Crippen molar-refractivity contribution in [3.8, 4) is 0 Å². The molecule has 2 aliphatic rings. The van der Waals surface area contributed by atoms with Crippen molar-refractivity contribution in [1.82, 2.24) is 4.90 Å². The third-order valence-corrected chi connectivity index (χ3v) is 2.32. The van der Waals surface area contributed by atoms with E-state index < -0.39 is 0 Å². The van der Waals surface area contributed by atoms with Gasteiger partial charge in [-0.2, -0.15) is 0 Å². The van der Waals surface area contributed by atoms with Crippen molar-refractivity contribution in [3.05, 3.63) is 0 Å². The first-order valence-electron chi connectivity index (χ1n) is 4.20. The Kier molecular flexibility index (Phi) is 1.56. The van der Waals surface area contributed by atoms with Gasteiger partial charge in [-0.25, -0.2) is 0 Å². The van der Waals surface area contributed by atoms with Gasteiger partial charge in [-0.3, -0.25) is 4.79 Å². The Morgan fingerprint density at radius 2 is 2.50 bits per heavy atom. The fourth-order valence-electron chi connectivity index (χ4n) is 1.77. The quantitative estimate of drug-likeness (QED) is 0.575. The molecule has 12 heavy (non-hydrogen) atoms. The number of oxime groups is 1. The molecule has 2 aliphatic heterocycles. The first kappa shape index (κ1) is 7.58. The molecular weight excluding hydrogens is 156 g/mol. The van der Waals surface area contributed by atoms with E-state index in [4.69, 9.17) is 4.84 Å². The third-order valence-electron chi connectivity index (χ3n) is 2.32. The second-order valence-corrected chi connectivity index (χ2v) is 3.51. The van der Waals surface area contributed by atoms with Crippen LogP contribution < -0.4 is 0 Å². The standard InChI is InChI=1S/C8H12N2O2/c1-5(2)10-7(11)3-6-4-9-12-8(6)10/h4-6,8H,3H2,1-2H3. The molecule has 0 aromatic carbocycles. The maximum absolute atomic E-state index is 11.4. The normalized spacial score (nSPS) is 32.9. The van der Waals surface area contributed by atoms with Crippen LogP contribution in [0.3, 0.4) is 0 Å². The maximum Gasteiger partial charge on any atom is 0.226 e. The first-order chi connectivity index (χ1) is 5.70. The van der Waals surface area contributed by atoms with E-state index in [9.17, 15) is 4.79 Å². The highest BCUT2D eigenvalue weighted by molar-refractivity contribution is 5.85. The fourth-order valence-corrected chi connectivity index (χ4v) is 1.77. The molecule has 2 rings (SSSR count). The van der Waals surface area contributed by atoms with Crippen molar-refractivity contribution in [2.75, 3.05) is 0 Å². The highest BCUT2D eigenvalue weighted by Crippen LogP contribution is 2.30. The number of amides is 1. The summed E-state index contributed by atoms with van der Waals surface area (Å²) in [6, 6.07) is 0.203. The van der Waals surface area contributed by atoms with Gasteiger partial charge in [-0.1, -0.05) is 5.16 Å². The van der Waals surface area contributed by atoms with Crippen molar-refractivity contribution < 1.29 is 9.63 Å². The third kappa shape index (κ3) is 0.906. The maximum atomic E-state index is 11.4. The Morgan fingerprint density at radius 3 is 3.17 bits per heavy atom. The minimum absolute atomic E-state index is 0.127. The number of fused-ring (bicyclic) bond motifs is 1. The molecule has 0 aromatic heterocycles. The molecule has 4 heteroatoms. The van der Waals surface area contributed by atoms with E-state index in [1.165, 1.54) is 0 Å². The van der Waals surface area contributed by atoms with Gasteiger partial charge in [-0.15, -0.1) is 0 Å². The van der Waals surface area contributed by atoms with Crippen LogP contribution in [0.25, 0.3) is 0 Å². The van der Waals surface area contributed by atoms with Crippen molar-refractivity contribution in [2.45, 2.75) is 32.5 Å². The van der Waals surface area contributed by atoms with Gasteiger partial charge in [0.25, 0.3) is 0 Å². The summed E-state index contributed by atoms with van der Waals surface area (Å²) in [5, 5.41) is 3.72. The summed E-state index contributed by atoms with van der Waals surface area (Å²) in [6.45, 7) is 3.98. The van der Waals surface area contributed by atoms with E-state index in [1.54, 1.807) is 11.1 Å². The van der Waals surface area contributed by atoms with E-state index in [1.807, 2.05) is 13.8 Å². The summed E-state index contributed by atoms with van der Waals surface area (Å²) >= 11 is 0. The number of rotatable bonds is 1. The van der Waals surface area contributed by atoms with E-state index in [2.05, 4.69) is 5.16 Å². The molecule has 0 saturated carbocycles. The molecule has 2 heterocycles. The summed E-state index contributed by atoms with van der Waals surface area (Å²) in [4.78, 5) is 18.3. The first-order valence-corrected chi connectivity index (χ1v) is 4.20. The molecule has 2 atom stereocenters. The Balaban J connectivity index is 2.19. The van der Waals surface area contributed by atoms with Crippen molar-refractivity contribution in [3.63, 3.8) is 0 Å². The van der Waals surface area contributed by atoms with Crippen LogP contribution in [-0.2, 0) is 9.63 Å². The smallest absolute Gasteiger partial charge is 0.226 e. The lowest BCUT2D eigenvalue weighted by Crippen LogP contribution is -2.40. The average molecular weight is 168 g/mol. The topological polar surface area (TPSA) is 41.9 Å². The molecule has 0 spiro atoms. The van der Waals surface area contributed by atoms with E-state index >= 15 is 0 Å². The average Bonchev–Trinajstić information content (AvgIpc) is 2.44. The fraction of sp³-hybridized carbons (Fsp3) is 0.750. The Morgan fingerprint density at radius 1 is 1.75 bits per heavy atom. The lowest BCUT2D eigenvalue weighted by molar-refractivity contribution is -0.138. The lowest BCUT2D eigenvalue weighted by Gasteiger charge is -2.25. The van der Waals surface area contributed by atoms with E-state index in [-0.39, 0.29) is 24.1 Å². The number of carbonyl (C=O) groups is 1. The van der Waals surface area contributed by atoms with Crippen molar-refractivity contribution in [2.24, 2.45) is 11.1 Å². The number of carbonyl (C=O) groups excluding carboxylic acids is 1. The second-order valence-electron chi connectivity index (χ2n) is 3.51. The summed E-state index contributed by atoms with van der Waals surface area (Å²) < 4.78 is 0. The zero-order valence-corrected chi connectivity index (χ0v) is 7.23. The van der Waals surface area contributed by atoms with Crippen LogP contribution >= 0.6 is 0 Å². The van der Waals surface area contributed by atoms with Gasteiger partial charge in [0.1, 0.15) is 0 Å². The summed E-state index contributed by atoms with van der Waals surface area (Å²) in [7, 11) is 0. The minimum Gasteiger partial charge on any atom is -0.370 e. The number of hydrogen-bond acceptors (Lipinski definition) is 3. The Bertz CT molecular complexity index is 237. The van der Waals surface area contributed by atoms with Gasteiger partial charge in [0.2, 0.25) is 12.1 Å². The molecule has 1 amide bonds. The number of nitrogens with zero attached hydrogens (tertiary/aromatic N) is 2. The molecule has 2 unspecified atom stereocenters. The SMILES string of the molecule is CC(C)N1C(=O)CC2C=NOC21. The lowest BCUT2D eigenvalue weighted by atomic mass is 10.1. The highest BCUT2D eigenvalue weighted by Gasteiger charge is 2.44. The molecule has 0 aromatic rings. The van der Waals surface area contributed by atoms with Gasteiger partial charge in [0, 0.05) is 12.5 Å². The predicted molar refractivity (Wildman–Crippen MR) is 43.5 cm³/mol. The van der Waals surface area contributed by atoms with Crippen LogP contribution in [-0.4, -0.2) is 29.3 Å². The summed E-state index contributed by atoms with van der Waals surface area (Å²) in [5.41, 5.74) is 0. The van der Waals surface area contributed by atoms with Gasteiger partial charge < -0.3 is 9.74 Å². The monoisotopic (exact) mass is 168 g/mol. The zero-order chi connectivity index (χ0) is 8.72. The van der Waals surface area contributed by atoms with E-state index in [0.29, 0.717) is 6.42 Å². The molecule has 1 fully saturated rings. The Hall–Kier alpha value is -1.06. The summed E-state index contributed by atoms with van der Waals surface area (Å²) in [6.07, 6.45) is 2.15. The number of likely N-dealkylation sites (tertiary alicyclic amines) is 1. The predicted octanol–water partition coefficient (Wildman–Crippen LogP) is 0.585. The van der Waals surface area contributed by atoms with E-state index in [0.717, 1.165) is 0 Å².